The summed E-state index contributed by atoms with van der Waals surface area (Å²) < 4.78 is 18.7. The minimum atomic E-state index is -0.749. The number of nitrogens with two attached hydrogens (primary N) is 1. The van der Waals surface area contributed by atoms with Crippen LogP contribution >= 0.6 is 0 Å². The minimum Gasteiger partial charge on any atom is -0.395 e. The van der Waals surface area contributed by atoms with Gasteiger partial charge in [0.25, 0.3) is 0 Å². The number of benzene rings is 1. The smallest absolute Gasteiger partial charge is 0.127 e. The maximum atomic E-state index is 13.7. The van der Waals surface area contributed by atoms with Crippen LogP contribution in [0.1, 0.15) is 12.0 Å². The Morgan fingerprint density at radius 1 is 1.44 bits per heavy atom. The zero-order valence-corrected chi connectivity index (χ0v) is 9.45. The van der Waals surface area contributed by atoms with E-state index < -0.39 is 5.41 Å². The third-order valence-electron chi connectivity index (χ3n) is 2.92. The molecule has 0 heterocycles. The number of methoxy groups -OCH3 is 1. The van der Waals surface area contributed by atoms with Crippen LogP contribution in [0.5, 0.6) is 0 Å². The highest BCUT2D eigenvalue weighted by atomic mass is 19.1. The van der Waals surface area contributed by atoms with E-state index in [0.717, 1.165) is 0 Å². The van der Waals surface area contributed by atoms with Gasteiger partial charge in [-0.1, -0.05) is 18.2 Å². The monoisotopic (exact) mass is 227 g/mol. The van der Waals surface area contributed by atoms with Crippen LogP contribution < -0.4 is 5.73 Å². The number of hydrogen-bond acceptors (Lipinski definition) is 3. The van der Waals surface area contributed by atoms with Gasteiger partial charge in [-0.3, -0.25) is 0 Å². The quantitative estimate of drug-likeness (QED) is 0.763. The van der Waals surface area contributed by atoms with Gasteiger partial charge in [-0.15, -0.1) is 0 Å². The average Bonchev–Trinajstić information content (AvgIpc) is 2.33. The first-order valence-electron chi connectivity index (χ1n) is 5.25. The van der Waals surface area contributed by atoms with Crippen molar-refractivity contribution in [1.29, 1.82) is 0 Å². The molecule has 90 valence electrons. The van der Waals surface area contributed by atoms with E-state index in [1.54, 1.807) is 25.3 Å². The largest absolute Gasteiger partial charge is 0.395 e. The van der Waals surface area contributed by atoms with Crippen LogP contribution in [-0.2, 0) is 10.2 Å². The van der Waals surface area contributed by atoms with Gasteiger partial charge in [0.1, 0.15) is 5.82 Å². The molecule has 1 aromatic carbocycles. The Labute approximate surface area is 95.0 Å². The van der Waals surface area contributed by atoms with Gasteiger partial charge in [0.2, 0.25) is 0 Å². The summed E-state index contributed by atoms with van der Waals surface area (Å²) >= 11 is 0. The molecule has 1 aromatic rings. The summed E-state index contributed by atoms with van der Waals surface area (Å²) in [4.78, 5) is 0. The first-order valence-corrected chi connectivity index (χ1v) is 5.25. The molecular formula is C12H18FNO2. The summed E-state index contributed by atoms with van der Waals surface area (Å²) in [7, 11) is 1.57. The number of hydrogen-bond donors (Lipinski definition) is 2. The molecule has 0 fully saturated rings. The van der Waals surface area contributed by atoms with Crippen LogP contribution in [0.2, 0.25) is 0 Å². The number of aliphatic hydroxyl groups excluding tert-OH is 1. The lowest BCUT2D eigenvalue weighted by atomic mass is 9.78. The Bertz CT molecular complexity index is 327. The summed E-state index contributed by atoms with van der Waals surface area (Å²) in [6, 6.07) is 6.40. The van der Waals surface area contributed by atoms with Crippen molar-refractivity contribution < 1.29 is 14.2 Å². The maximum Gasteiger partial charge on any atom is 0.127 e. The first kappa shape index (κ1) is 13.1. The third-order valence-corrected chi connectivity index (χ3v) is 2.92. The summed E-state index contributed by atoms with van der Waals surface area (Å²) in [6.45, 7) is 0.438. The SMILES string of the molecule is COCCC(CN)(CO)c1ccccc1F. The van der Waals surface area contributed by atoms with Gasteiger partial charge in [-0.2, -0.15) is 0 Å². The van der Waals surface area contributed by atoms with E-state index in [1.165, 1.54) is 6.07 Å². The van der Waals surface area contributed by atoms with Crippen molar-refractivity contribution in [3.05, 3.63) is 35.6 Å². The topological polar surface area (TPSA) is 55.5 Å². The molecule has 0 saturated carbocycles. The van der Waals surface area contributed by atoms with E-state index in [-0.39, 0.29) is 19.0 Å². The molecule has 0 radical (unpaired) electrons. The summed E-state index contributed by atoms with van der Waals surface area (Å²) in [5.41, 5.74) is 5.38. The molecule has 4 heteroatoms. The zero-order valence-electron chi connectivity index (χ0n) is 9.45. The summed E-state index contributed by atoms with van der Waals surface area (Å²) in [6.07, 6.45) is 0.497. The van der Waals surface area contributed by atoms with E-state index in [4.69, 9.17) is 10.5 Å². The molecule has 3 nitrogen and oxygen atoms in total. The van der Waals surface area contributed by atoms with Crippen molar-refractivity contribution in [2.24, 2.45) is 5.73 Å². The highest BCUT2D eigenvalue weighted by molar-refractivity contribution is 5.28. The molecular weight excluding hydrogens is 209 g/mol. The molecule has 0 aromatic heterocycles. The third kappa shape index (κ3) is 2.58. The highest BCUT2D eigenvalue weighted by Crippen LogP contribution is 2.28. The molecule has 0 aliphatic carbocycles. The van der Waals surface area contributed by atoms with Gasteiger partial charge in [-0.25, -0.2) is 4.39 Å². The fourth-order valence-corrected chi connectivity index (χ4v) is 1.76. The molecule has 3 N–H and O–H groups in total. The van der Waals surface area contributed by atoms with Crippen molar-refractivity contribution in [1.82, 2.24) is 0 Å². The van der Waals surface area contributed by atoms with Crippen molar-refractivity contribution in [3.63, 3.8) is 0 Å². The van der Waals surface area contributed by atoms with Crippen LogP contribution in [0.25, 0.3) is 0 Å². The number of ether oxygens (including phenoxy) is 1. The van der Waals surface area contributed by atoms with E-state index in [2.05, 4.69) is 0 Å². The second kappa shape index (κ2) is 5.94. The lowest BCUT2D eigenvalue weighted by molar-refractivity contribution is 0.127. The molecule has 1 unspecified atom stereocenters. The Balaban J connectivity index is 3.05. The summed E-state index contributed by atoms with van der Waals surface area (Å²) in [5, 5.41) is 9.48. The van der Waals surface area contributed by atoms with Crippen LogP contribution in [0.4, 0.5) is 4.39 Å². The first-order chi connectivity index (χ1) is 7.70. The van der Waals surface area contributed by atoms with Crippen LogP contribution in [0, 0.1) is 5.82 Å². The fraction of sp³-hybridized carbons (Fsp3) is 0.500. The van der Waals surface area contributed by atoms with E-state index >= 15 is 0 Å². The van der Waals surface area contributed by atoms with Gasteiger partial charge in [0.05, 0.1) is 6.61 Å². The van der Waals surface area contributed by atoms with Gasteiger partial charge in [0.15, 0.2) is 0 Å². The number of halogens is 1. The molecule has 0 amide bonds. The van der Waals surface area contributed by atoms with Gasteiger partial charge in [0, 0.05) is 25.7 Å². The Hall–Kier alpha value is -0.970. The maximum absolute atomic E-state index is 13.7. The van der Waals surface area contributed by atoms with Gasteiger partial charge < -0.3 is 15.6 Å². The van der Waals surface area contributed by atoms with E-state index in [9.17, 15) is 9.50 Å². The molecule has 0 spiro atoms. The van der Waals surface area contributed by atoms with Crippen molar-refractivity contribution in [2.75, 3.05) is 26.9 Å². The Morgan fingerprint density at radius 2 is 2.12 bits per heavy atom. The number of aliphatic hydroxyl groups is 1. The van der Waals surface area contributed by atoms with Gasteiger partial charge >= 0.3 is 0 Å². The van der Waals surface area contributed by atoms with Gasteiger partial charge in [-0.05, 0) is 18.1 Å². The standard InChI is InChI=1S/C12H18FNO2/c1-16-7-6-12(8-14,9-15)10-4-2-3-5-11(10)13/h2-5,15H,6-9,14H2,1H3. The van der Waals surface area contributed by atoms with E-state index in [1.807, 2.05) is 0 Å². The Kier molecular flexibility index (Phi) is 4.86. The zero-order chi connectivity index (χ0) is 12.0. The van der Waals surface area contributed by atoms with Crippen molar-refractivity contribution >= 4 is 0 Å². The molecule has 0 aliphatic heterocycles. The molecule has 0 bridgehead atoms. The van der Waals surface area contributed by atoms with E-state index in [0.29, 0.717) is 18.6 Å². The molecule has 1 rings (SSSR count). The second-order valence-electron chi connectivity index (χ2n) is 3.87. The molecule has 1 atom stereocenters. The van der Waals surface area contributed by atoms with Crippen LogP contribution in [0.3, 0.4) is 0 Å². The number of rotatable bonds is 6. The molecule has 16 heavy (non-hydrogen) atoms. The lowest BCUT2D eigenvalue weighted by Crippen LogP contribution is -2.40. The fourth-order valence-electron chi connectivity index (χ4n) is 1.76. The summed E-state index contributed by atoms with van der Waals surface area (Å²) in [5.74, 6) is -0.335. The van der Waals surface area contributed by atoms with Crippen molar-refractivity contribution in [3.8, 4) is 0 Å². The average molecular weight is 227 g/mol. The van der Waals surface area contributed by atoms with Crippen molar-refractivity contribution in [2.45, 2.75) is 11.8 Å². The predicted molar refractivity (Wildman–Crippen MR) is 60.7 cm³/mol. The highest BCUT2D eigenvalue weighted by Gasteiger charge is 2.32. The normalized spacial score (nSPS) is 14.8. The Morgan fingerprint density at radius 3 is 2.62 bits per heavy atom. The molecule has 0 saturated heterocycles. The lowest BCUT2D eigenvalue weighted by Gasteiger charge is -2.31. The molecule has 0 aliphatic rings. The second-order valence-corrected chi connectivity index (χ2v) is 3.87. The van der Waals surface area contributed by atoms with Crippen LogP contribution in [0.15, 0.2) is 24.3 Å². The predicted octanol–water partition coefficient (Wildman–Crippen LogP) is 1.05. The van der Waals surface area contributed by atoms with Crippen LogP contribution in [-0.4, -0.2) is 32.0 Å². The minimum absolute atomic E-state index is 0.187.